The zero-order chi connectivity index (χ0) is 14.4. The molecule has 0 bridgehead atoms. The van der Waals surface area contributed by atoms with Gasteiger partial charge in [0.15, 0.2) is 0 Å². The number of hydrogen-bond acceptors (Lipinski definition) is 4. The molecule has 0 unspecified atom stereocenters. The first-order valence-corrected chi connectivity index (χ1v) is 5.83. The summed E-state index contributed by atoms with van der Waals surface area (Å²) >= 11 is 0. The van der Waals surface area contributed by atoms with Gasteiger partial charge in [0.05, 0.1) is 23.3 Å². The molecule has 0 aliphatic carbocycles. The van der Waals surface area contributed by atoms with Gasteiger partial charge in [-0.15, -0.1) is 0 Å². The predicted molar refractivity (Wildman–Crippen MR) is 67.4 cm³/mol. The molecular formula is C13H15NO5. The minimum atomic E-state index is -1.23. The van der Waals surface area contributed by atoms with Crippen molar-refractivity contribution >= 4 is 17.8 Å². The van der Waals surface area contributed by atoms with Crippen LogP contribution in [0.5, 0.6) is 0 Å². The number of carboxylic acids is 1. The SMILES string of the molecule is CCNC(=O)c1cc(C(=O)OCC)ccc1C(=O)O. The average Bonchev–Trinajstić information content (AvgIpc) is 2.38. The molecule has 0 aliphatic rings. The monoisotopic (exact) mass is 265 g/mol. The zero-order valence-corrected chi connectivity index (χ0v) is 10.7. The second kappa shape index (κ2) is 6.53. The summed E-state index contributed by atoms with van der Waals surface area (Å²) in [6.07, 6.45) is 0. The summed E-state index contributed by atoms with van der Waals surface area (Å²) in [5.74, 6) is -2.35. The Morgan fingerprint density at radius 2 is 1.89 bits per heavy atom. The Bertz CT molecular complexity index is 510. The summed E-state index contributed by atoms with van der Waals surface area (Å²) in [5.41, 5.74) is -0.0630. The lowest BCUT2D eigenvalue weighted by molar-refractivity contribution is 0.0525. The van der Waals surface area contributed by atoms with E-state index in [4.69, 9.17) is 9.84 Å². The van der Waals surface area contributed by atoms with E-state index in [-0.39, 0.29) is 23.3 Å². The molecule has 0 heterocycles. The van der Waals surface area contributed by atoms with Gasteiger partial charge in [0, 0.05) is 6.54 Å². The Balaban J connectivity index is 3.22. The Hall–Kier alpha value is -2.37. The first-order valence-electron chi connectivity index (χ1n) is 5.83. The highest BCUT2D eigenvalue weighted by Crippen LogP contribution is 2.13. The van der Waals surface area contributed by atoms with Gasteiger partial charge in [-0.2, -0.15) is 0 Å². The van der Waals surface area contributed by atoms with Gasteiger partial charge in [0.2, 0.25) is 0 Å². The molecule has 0 radical (unpaired) electrons. The molecule has 0 aromatic heterocycles. The molecular weight excluding hydrogens is 250 g/mol. The minimum absolute atomic E-state index is 0.0556. The molecule has 1 aromatic rings. The van der Waals surface area contributed by atoms with Gasteiger partial charge in [-0.05, 0) is 32.0 Å². The van der Waals surface area contributed by atoms with Crippen molar-refractivity contribution in [2.75, 3.05) is 13.2 Å². The van der Waals surface area contributed by atoms with Crippen LogP contribution in [-0.2, 0) is 4.74 Å². The standard InChI is InChI=1S/C13H15NO5/c1-3-14-11(15)10-7-8(13(18)19-4-2)5-6-9(10)12(16)17/h5-7H,3-4H2,1-2H3,(H,14,15)(H,16,17). The summed E-state index contributed by atoms with van der Waals surface area (Å²) < 4.78 is 4.80. The Morgan fingerprint density at radius 1 is 1.21 bits per heavy atom. The van der Waals surface area contributed by atoms with Gasteiger partial charge in [0.1, 0.15) is 0 Å². The fourth-order valence-corrected chi connectivity index (χ4v) is 1.52. The second-order valence-corrected chi connectivity index (χ2v) is 3.65. The molecule has 1 amide bonds. The van der Waals surface area contributed by atoms with Gasteiger partial charge in [-0.25, -0.2) is 9.59 Å². The molecule has 6 nitrogen and oxygen atoms in total. The van der Waals surface area contributed by atoms with E-state index in [0.29, 0.717) is 6.54 Å². The van der Waals surface area contributed by atoms with E-state index in [1.807, 2.05) is 0 Å². The molecule has 0 saturated heterocycles. The lowest BCUT2D eigenvalue weighted by atomic mass is 10.0. The van der Waals surface area contributed by atoms with Crippen LogP contribution < -0.4 is 5.32 Å². The molecule has 102 valence electrons. The third-order valence-corrected chi connectivity index (χ3v) is 2.34. The van der Waals surface area contributed by atoms with Gasteiger partial charge in [0.25, 0.3) is 5.91 Å². The predicted octanol–water partition coefficient (Wildman–Crippen LogP) is 1.31. The topological polar surface area (TPSA) is 92.7 Å². The van der Waals surface area contributed by atoms with Crippen molar-refractivity contribution in [3.63, 3.8) is 0 Å². The van der Waals surface area contributed by atoms with Crippen molar-refractivity contribution in [3.8, 4) is 0 Å². The van der Waals surface area contributed by atoms with E-state index in [9.17, 15) is 14.4 Å². The number of nitrogens with one attached hydrogen (secondary N) is 1. The third kappa shape index (κ3) is 3.54. The number of esters is 1. The van der Waals surface area contributed by atoms with Crippen molar-refractivity contribution in [1.29, 1.82) is 0 Å². The molecule has 6 heteroatoms. The molecule has 0 spiro atoms. The van der Waals surface area contributed by atoms with Crippen molar-refractivity contribution < 1.29 is 24.2 Å². The van der Waals surface area contributed by atoms with Crippen molar-refractivity contribution in [1.82, 2.24) is 5.32 Å². The number of amides is 1. The molecule has 0 atom stereocenters. The normalized spacial score (nSPS) is 9.79. The first kappa shape index (κ1) is 14.7. The van der Waals surface area contributed by atoms with E-state index in [1.54, 1.807) is 13.8 Å². The fraction of sp³-hybridized carbons (Fsp3) is 0.308. The summed E-state index contributed by atoms with van der Waals surface area (Å²) in [4.78, 5) is 34.4. The quantitative estimate of drug-likeness (QED) is 0.783. The summed E-state index contributed by atoms with van der Waals surface area (Å²) in [7, 11) is 0. The van der Waals surface area contributed by atoms with Crippen LogP contribution in [0.15, 0.2) is 18.2 Å². The van der Waals surface area contributed by atoms with Crippen LogP contribution >= 0.6 is 0 Å². The molecule has 1 aromatic carbocycles. The van der Waals surface area contributed by atoms with Crippen LogP contribution in [0, 0.1) is 0 Å². The third-order valence-electron chi connectivity index (χ3n) is 2.34. The molecule has 2 N–H and O–H groups in total. The summed E-state index contributed by atoms with van der Waals surface area (Å²) in [6.45, 7) is 3.94. The van der Waals surface area contributed by atoms with Crippen LogP contribution in [-0.4, -0.2) is 36.1 Å². The van der Waals surface area contributed by atoms with E-state index in [1.165, 1.54) is 18.2 Å². The molecule has 1 rings (SSSR count). The molecule has 0 aliphatic heterocycles. The number of carbonyl (C=O) groups is 3. The number of rotatable bonds is 5. The highest BCUT2D eigenvalue weighted by molar-refractivity contribution is 6.06. The van der Waals surface area contributed by atoms with Crippen molar-refractivity contribution in [3.05, 3.63) is 34.9 Å². The summed E-state index contributed by atoms with van der Waals surface area (Å²) in [6, 6.07) is 3.77. The van der Waals surface area contributed by atoms with E-state index >= 15 is 0 Å². The number of hydrogen-bond donors (Lipinski definition) is 2. The van der Waals surface area contributed by atoms with Crippen LogP contribution in [0.1, 0.15) is 44.9 Å². The van der Waals surface area contributed by atoms with E-state index in [0.717, 1.165) is 0 Å². The van der Waals surface area contributed by atoms with E-state index in [2.05, 4.69) is 5.32 Å². The lowest BCUT2D eigenvalue weighted by Crippen LogP contribution is -2.25. The van der Waals surface area contributed by atoms with Crippen LogP contribution in [0.4, 0.5) is 0 Å². The van der Waals surface area contributed by atoms with Gasteiger partial charge < -0.3 is 15.2 Å². The van der Waals surface area contributed by atoms with Crippen LogP contribution in [0.2, 0.25) is 0 Å². The Morgan fingerprint density at radius 3 is 2.42 bits per heavy atom. The molecule has 19 heavy (non-hydrogen) atoms. The number of carboxylic acid groups (broad SMARTS) is 1. The highest BCUT2D eigenvalue weighted by atomic mass is 16.5. The van der Waals surface area contributed by atoms with Gasteiger partial charge in [-0.3, -0.25) is 4.79 Å². The number of carbonyl (C=O) groups excluding carboxylic acids is 2. The van der Waals surface area contributed by atoms with Crippen molar-refractivity contribution in [2.45, 2.75) is 13.8 Å². The number of benzene rings is 1. The first-order chi connectivity index (χ1) is 9.01. The number of aromatic carboxylic acids is 1. The largest absolute Gasteiger partial charge is 0.478 e. The van der Waals surface area contributed by atoms with Crippen LogP contribution in [0.25, 0.3) is 0 Å². The Kier molecular flexibility index (Phi) is 5.05. The maximum Gasteiger partial charge on any atom is 0.338 e. The van der Waals surface area contributed by atoms with Crippen molar-refractivity contribution in [2.24, 2.45) is 0 Å². The summed E-state index contributed by atoms with van der Waals surface area (Å²) in [5, 5.41) is 11.5. The van der Waals surface area contributed by atoms with E-state index < -0.39 is 17.8 Å². The van der Waals surface area contributed by atoms with Gasteiger partial charge >= 0.3 is 11.9 Å². The molecule has 0 saturated carbocycles. The second-order valence-electron chi connectivity index (χ2n) is 3.65. The number of ether oxygens (including phenoxy) is 1. The maximum absolute atomic E-state index is 11.8. The average molecular weight is 265 g/mol. The van der Waals surface area contributed by atoms with Gasteiger partial charge in [-0.1, -0.05) is 0 Å². The maximum atomic E-state index is 11.8. The molecule has 0 fully saturated rings. The fourth-order valence-electron chi connectivity index (χ4n) is 1.52. The highest BCUT2D eigenvalue weighted by Gasteiger charge is 2.19. The van der Waals surface area contributed by atoms with Crippen LogP contribution in [0.3, 0.4) is 0 Å². The smallest absolute Gasteiger partial charge is 0.338 e. The minimum Gasteiger partial charge on any atom is -0.478 e. The lowest BCUT2D eigenvalue weighted by Gasteiger charge is -2.08. The Labute approximate surface area is 110 Å². The zero-order valence-electron chi connectivity index (χ0n) is 10.7.